The highest BCUT2D eigenvalue weighted by atomic mass is 32.2. The zero-order chi connectivity index (χ0) is 32.6. The van der Waals surface area contributed by atoms with Gasteiger partial charge in [-0.2, -0.15) is 11.8 Å². The monoisotopic (exact) mass is 633 g/mol. The molecule has 2 rings (SSSR count). The first-order valence-corrected chi connectivity index (χ1v) is 16.3. The van der Waals surface area contributed by atoms with Crippen LogP contribution < -0.4 is 37.6 Å². The van der Waals surface area contributed by atoms with Crippen molar-refractivity contribution in [2.75, 3.05) is 25.1 Å². The van der Waals surface area contributed by atoms with Gasteiger partial charge in [0.1, 0.15) is 24.2 Å². The van der Waals surface area contributed by atoms with Crippen molar-refractivity contribution in [3.8, 4) is 0 Å². The van der Waals surface area contributed by atoms with Gasteiger partial charge in [-0.15, -0.1) is 0 Å². The van der Waals surface area contributed by atoms with E-state index in [2.05, 4.69) is 31.9 Å². The Morgan fingerprint density at radius 3 is 2.18 bits per heavy atom. The number of benzene rings is 1. The van der Waals surface area contributed by atoms with Gasteiger partial charge in [0.25, 0.3) is 0 Å². The first-order chi connectivity index (χ1) is 20.9. The molecule has 13 nitrogen and oxygen atoms in total. The summed E-state index contributed by atoms with van der Waals surface area (Å²) in [4.78, 5) is 76.4. The average Bonchev–Trinajstić information content (AvgIpc) is 3.53. The molecule has 0 aromatic heterocycles. The zero-order valence-electron chi connectivity index (χ0n) is 25.9. The molecule has 0 unspecified atom stereocenters. The van der Waals surface area contributed by atoms with Gasteiger partial charge in [0, 0.05) is 6.42 Å². The number of carbonyl (C=O) groups is 6. The number of thioether (sulfide) groups is 1. The van der Waals surface area contributed by atoms with Crippen molar-refractivity contribution in [3.63, 3.8) is 0 Å². The van der Waals surface area contributed by atoms with Gasteiger partial charge in [-0.3, -0.25) is 28.8 Å². The van der Waals surface area contributed by atoms with Crippen molar-refractivity contribution in [2.45, 2.75) is 83.1 Å². The lowest BCUT2D eigenvalue weighted by Crippen LogP contribution is -2.57. The lowest BCUT2D eigenvalue weighted by atomic mass is 10.0. The SMILES string of the molecule is CSCC[C@H](NC(=O)[C@H](CC(C)C)NC(=O)[C@@H]1CCCN1)C(=O)NCC(=O)N[C@@H](Cc1ccccc1)C(=O)N[C@@H](C)C(N)=O. The molecule has 244 valence electrons. The number of amides is 6. The second kappa shape index (κ2) is 18.9. The minimum Gasteiger partial charge on any atom is -0.368 e. The van der Waals surface area contributed by atoms with Crippen molar-refractivity contribution in [2.24, 2.45) is 11.7 Å². The molecule has 1 fully saturated rings. The highest BCUT2D eigenvalue weighted by Gasteiger charge is 2.31. The molecule has 0 saturated carbocycles. The van der Waals surface area contributed by atoms with E-state index in [1.54, 1.807) is 24.3 Å². The molecule has 1 aliphatic heterocycles. The van der Waals surface area contributed by atoms with E-state index in [0.29, 0.717) is 25.0 Å². The quantitative estimate of drug-likeness (QED) is 0.110. The third-order valence-electron chi connectivity index (χ3n) is 7.10. The maximum absolute atomic E-state index is 13.3. The second-order valence-electron chi connectivity index (χ2n) is 11.3. The zero-order valence-corrected chi connectivity index (χ0v) is 26.8. The molecule has 8 N–H and O–H groups in total. The Morgan fingerprint density at radius 2 is 1.59 bits per heavy atom. The standard InChI is InChI=1S/C30H47N7O6S/c1-18(2)15-23(37-28(41)21-11-8-13-32-21)30(43)36-22(12-14-44-4)27(40)33-17-25(38)35-24(16-20-9-6-5-7-10-20)29(42)34-19(3)26(31)39/h5-7,9-10,18-19,21-24,32H,8,11-17H2,1-4H3,(H2,31,39)(H,33,40)(H,34,42)(H,35,38)(H,36,43)(H,37,41)/t19-,21-,22-,23-,24-/m0/s1. The summed E-state index contributed by atoms with van der Waals surface area (Å²) in [5.41, 5.74) is 6.04. The van der Waals surface area contributed by atoms with E-state index in [0.717, 1.165) is 18.5 Å². The number of nitrogens with two attached hydrogens (primary N) is 1. The minimum atomic E-state index is -1.04. The van der Waals surface area contributed by atoms with E-state index < -0.39 is 60.2 Å². The maximum atomic E-state index is 13.3. The molecule has 0 bridgehead atoms. The van der Waals surface area contributed by atoms with E-state index in [9.17, 15) is 28.8 Å². The Balaban J connectivity index is 2.05. The summed E-state index contributed by atoms with van der Waals surface area (Å²) in [5, 5.41) is 16.4. The topological polar surface area (TPSA) is 201 Å². The fraction of sp³-hybridized carbons (Fsp3) is 0.600. The first kappa shape index (κ1) is 36.5. The Labute approximate surface area is 263 Å². The second-order valence-corrected chi connectivity index (χ2v) is 12.3. The number of hydrogen-bond donors (Lipinski definition) is 7. The van der Waals surface area contributed by atoms with Gasteiger partial charge in [-0.05, 0) is 62.6 Å². The highest BCUT2D eigenvalue weighted by molar-refractivity contribution is 7.98. The third-order valence-corrected chi connectivity index (χ3v) is 7.75. The highest BCUT2D eigenvalue weighted by Crippen LogP contribution is 2.10. The summed E-state index contributed by atoms with van der Waals surface area (Å²) in [6, 6.07) is 4.90. The summed E-state index contributed by atoms with van der Waals surface area (Å²) in [5.74, 6) is -2.57. The van der Waals surface area contributed by atoms with Crippen LogP contribution in [0.5, 0.6) is 0 Å². The Hall–Kier alpha value is -3.65. The molecular formula is C30H47N7O6S. The fourth-order valence-corrected chi connectivity index (χ4v) is 5.11. The number of nitrogens with one attached hydrogen (secondary N) is 6. The van der Waals surface area contributed by atoms with Crippen LogP contribution in [0.4, 0.5) is 0 Å². The molecule has 44 heavy (non-hydrogen) atoms. The number of rotatable bonds is 18. The van der Waals surface area contributed by atoms with Crippen molar-refractivity contribution in [1.82, 2.24) is 31.9 Å². The Morgan fingerprint density at radius 1 is 0.909 bits per heavy atom. The summed E-state index contributed by atoms with van der Waals surface area (Å²) < 4.78 is 0. The van der Waals surface area contributed by atoms with Gasteiger partial charge in [-0.25, -0.2) is 0 Å². The molecule has 1 saturated heterocycles. The Bertz CT molecular complexity index is 1130. The molecule has 1 heterocycles. The van der Waals surface area contributed by atoms with E-state index >= 15 is 0 Å². The average molecular weight is 634 g/mol. The number of hydrogen-bond acceptors (Lipinski definition) is 8. The Kier molecular flexibility index (Phi) is 15.7. The molecule has 1 aromatic carbocycles. The lowest BCUT2D eigenvalue weighted by Gasteiger charge is -2.25. The molecule has 5 atom stereocenters. The fourth-order valence-electron chi connectivity index (χ4n) is 4.64. The van der Waals surface area contributed by atoms with E-state index in [1.807, 2.05) is 26.2 Å². The van der Waals surface area contributed by atoms with Gasteiger partial charge in [-0.1, -0.05) is 44.2 Å². The van der Waals surface area contributed by atoms with Gasteiger partial charge < -0.3 is 37.6 Å². The minimum absolute atomic E-state index is 0.108. The van der Waals surface area contributed by atoms with Crippen LogP contribution in [-0.2, 0) is 35.2 Å². The smallest absolute Gasteiger partial charge is 0.243 e. The lowest BCUT2D eigenvalue weighted by molar-refractivity contribution is -0.133. The van der Waals surface area contributed by atoms with Crippen molar-refractivity contribution in [1.29, 1.82) is 0 Å². The van der Waals surface area contributed by atoms with Crippen molar-refractivity contribution < 1.29 is 28.8 Å². The molecule has 0 aliphatic carbocycles. The van der Waals surface area contributed by atoms with Crippen molar-refractivity contribution in [3.05, 3.63) is 35.9 Å². The van der Waals surface area contributed by atoms with Gasteiger partial charge in [0.2, 0.25) is 35.4 Å². The predicted octanol–water partition coefficient (Wildman–Crippen LogP) is -0.659. The number of carbonyl (C=O) groups excluding carboxylic acids is 6. The van der Waals surface area contributed by atoms with Gasteiger partial charge >= 0.3 is 0 Å². The summed E-state index contributed by atoms with van der Waals surface area (Å²) in [6.45, 7) is 5.61. The molecule has 0 radical (unpaired) electrons. The summed E-state index contributed by atoms with van der Waals surface area (Å²) in [6.07, 6.45) is 4.29. The molecule has 14 heteroatoms. The normalized spacial score (nSPS) is 17.1. The van der Waals surface area contributed by atoms with E-state index in [-0.39, 0.29) is 24.3 Å². The first-order valence-electron chi connectivity index (χ1n) is 14.9. The van der Waals surface area contributed by atoms with Crippen LogP contribution in [0.25, 0.3) is 0 Å². The van der Waals surface area contributed by atoms with Gasteiger partial charge in [0.15, 0.2) is 0 Å². The van der Waals surface area contributed by atoms with Gasteiger partial charge in [0.05, 0.1) is 12.6 Å². The summed E-state index contributed by atoms with van der Waals surface area (Å²) in [7, 11) is 0. The van der Waals surface area contributed by atoms with Crippen LogP contribution in [0.1, 0.15) is 52.0 Å². The van der Waals surface area contributed by atoms with E-state index in [1.165, 1.54) is 18.7 Å². The van der Waals surface area contributed by atoms with Crippen LogP contribution in [0.3, 0.4) is 0 Å². The maximum Gasteiger partial charge on any atom is 0.243 e. The van der Waals surface area contributed by atoms with Crippen LogP contribution >= 0.6 is 11.8 Å². The predicted molar refractivity (Wildman–Crippen MR) is 169 cm³/mol. The van der Waals surface area contributed by atoms with Crippen LogP contribution in [0.15, 0.2) is 30.3 Å². The molecule has 0 spiro atoms. The number of primary amides is 1. The van der Waals surface area contributed by atoms with Crippen LogP contribution in [-0.4, -0.2) is 90.8 Å². The van der Waals surface area contributed by atoms with Crippen molar-refractivity contribution >= 4 is 47.2 Å². The van der Waals surface area contributed by atoms with Crippen LogP contribution in [0, 0.1) is 5.92 Å². The largest absolute Gasteiger partial charge is 0.368 e. The van der Waals surface area contributed by atoms with E-state index in [4.69, 9.17) is 5.73 Å². The molecule has 1 aliphatic rings. The third kappa shape index (κ3) is 12.9. The molecule has 6 amide bonds. The molecule has 1 aromatic rings. The van der Waals surface area contributed by atoms with Crippen LogP contribution in [0.2, 0.25) is 0 Å². The molecular weight excluding hydrogens is 586 g/mol. The summed E-state index contributed by atoms with van der Waals surface area (Å²) >= 11 is 1.50.